The number of carboxylic acid groups (broad SMARTS) is 1. The predicted molar refractivity (Wildman–Crippen MR) is 279 cm³/mol. The molecule has 1 saturated heterocycles. The Bertz CT molecular complexity index is 2370. The van der Waals surface area contributed by atoms with Crippen LogP contribution in [0.5, 0.6) is 5.75 Å². The second kappa shape index (κ2) is 28.9. The molecule has 7 amide bonds. The van der Waals surface area contributed by atoms with E-state index in [2.05, 4.69) is 10.6 Å². The van der Waals surface area contributed by atoms with E-state index in [4.69, 9.17) is 19.5 Å². The van der Waals surface area contributed by atoms with Gasteiger partial charge < -0.3 is 44.7 Å². The number of likely N-dealkylation sites (N-methyl/N-ethyl adjacent to an activating group) is 2. The van der Waals surface area contributed by atoms with Crippen molar-refractivity contribution in [1.82, 2.24) is 30.2 Å². The summed E-state index contributed by atoms with van der Waals surface area (Å²) < 4.78 is 17.5. The van der Waals surface area contributed by atoms with E-state index in [1.165, 1.54) is 31.3 Å². The Hall–Kier alpha value is -6.65. The van der Waals surface area contributed by atoms with Gasteiger partial charge in [0.2, 0.25) is 29.5 Å². The first-order valence-corrected chi connectivity index (χ1v) is 26.1. The van der Waals surface area contributed by atoms with Gasteiger partial charge in [0.05, 0.1) is 54.3 Å². The van der Waals surface area contributed by atoms with Crippen LogP contribution in [0, 0.1) is 35.0 Å². The van der Waals surface area contributed by atoms with Crippen LogP contribution in [-0.4, -0.2) is 156 Å². The van der Waals surface area contributed by atoms with Crippen molar-refractivity contribution in [2.75, 3.05) is 41.4 Å². The monoisotopic (exact) mass is 1040 g/mol. The summed E-state index contributed by atoms with van der Waals surface area (Å²) >= 11 is 0. The van der Waals surface area contributed by atoms with Crippen molar-refractivity contribution in [2.24, 2.45) is 23.7 Å². The van der Waals surface area contributed by atoms with Gasteiger partial charge in [-0.15, -0.1) is 0 Å². The number of carbonyl (C=O) groups is 8. The molecule has 410 valence electrons. The highest BCUT2D eigenvalue weighted by atomic mass is 16.5. The van der Waals surface area contributed by atoms with Crippen LogP contribution >= 0.6 is 0 Å². The van der Waals surface area contributed by atoms with E-state index in [0.717, 1.165) is 16.5 Å². The molecule has 2 heterocycles. The molecule has 9 atom stereocenters. The molecule has 0 bridgehead atoms. The van der Waals surface area contributed by atoms with Crippen LogP contribution in [0.15, 0.2) is 66.4 Å². The van der Waals surface area contributed by atoms with Crippen molar-refractivity contribution in [2.45, 2.75) is 149 Å². The van der Waals surface area contributed by atoms with Gasteiger partial charge in [0.15, 0.2) is 5.76 Å². The van der Waals surface area contributed by atoms with Gasteiger partial charge in [0, 0.05) is 54.2 Å². The fourth-order valence-electron chi connectivity index (χ4n) is 10.1. The van der Waals surface area contributed by atoms with Crippen LogP contribution in [0.1, 0.15) is 111 Å². The SMILES string of the molecule is CC[C@H](C)[C@@H]([C@@H](CC(=O)N1CCCC1[C@H](OC)[C@@H](C)C(=O)NC(Cc1ccccc1)C(=O)O)OC)N(C)C(=O)C(NC(=O)C(C(C)C)N(C)C(=O)CCCCCN1C(=O)C=C(Oc2ccc(C#N)cc2)C1=O)C(C)C. The zero-order valence-corrected chi connectivity index (χ0v) is 45.6. The van der Waals surface area contributed by atoms with Crippen molar-refractivity contribution < 1.29 is 57.7 Å². The molecule has 0 aromatic heterocycles. The highest BCUT2D eigenvalue weighted by molar-refractivity contribution is 6.15. The molecule has 2 aliphatic heterocycles. The molecule has 3 N–H and O–H groups in total. The average molecular weight is 1040 g/mol. The minimum atomic E-state index is -1.17. The predicted octanol–water partition coefficient (Wildman–Crippen LogP) is 5.11. The van der Waals surface area contributed by atoms with E-state index in [1.807, 2.05) is 53.7 Å². The van der Waals surface area contributed by atoms with Crippen molar-refractivity contribution in [3.8, 4) is 11.8 Å². The molecule has 2 aliphatic rings. The van der Waals surface area contributed by atoms with E-state index in [0.29, 0.717) is 56.4 Å². The zero-order chi connectivity index (χ0) is 55.7. The minimum Gasteiger partial charge on any atom is -0.480 e. The van der Waals surface area contributed by atoms with E-state index in [1.54, 1.807) is 67.2 Å². The molecular weight excluding hydrogens is 963 g/mol. The number of carbonyl (C=O) groups excluding carboxylic acids is 7. The smallest absolute Gasteiger partial charge is 0.326 e. The van der Waals surface area contributed by atoms with E-state index >= 15 is 0 Å². The van der Waals surface area contributed by atoms with Gasteiger partial charge in [0.1, 0.15) is 23.9 Å². The summed E-state index contributed by atoms with van der Waals surface area (Å²) in [4.78, 5) is 114. The Labute approximate surface area is 442 Å². The molecule has 4 rings (SSSR count). The first-order chi connectivity index (χ1) is 35.6. The van der Waals surface area contributed by atoms with E-state index in [-0.39, 0.29) is 61.1 Å². The number of amides is 7. The zero-order valence-electron chi connectivity index (χ0n) is 45.6. The number of nitriles is 1. The van der Waals surface area contributed by atoms with Gasteiger partial charge in [-0.25, -0.2) is 4.79 Å². The number of methoxy groups -OCH3 is 2. The van der Waals surface area contributed by atoms with Crippen LogP contribution in [-0.2, 0) is 54.3 Å². The molecule has 0 radical (unpaired) electrons. The number of hydrogen-bond acceptors (Lipinski definition) is 12. The quantitative estimate of drug-likeness (QED) is 0.0710. The number of benzene rings is 2. The van der Waals surface area contributed by atoms with Crippen LogP contribution in [0.4, 0.5) is 0 Å². The normalized spacial score (nSPS) is 17.8. The second-order valence-electron chi connectivity index (χ2n) is 20.5. The summed E-state index contributed by atoms with van der Waals surface area (Å²) in [5.41, 5.74) is 1.18. The Kier molecular flexibility index (Phi) is 23.4. The van der Waals surface area contributed by atoms with Crippen LogP contribution in [0.25, 0.3) is 0 Å². The van der Waals surface area contributed by atoms with Gasteiger partial charge in [-0.2, -0.15) is 5.26 Å². The summed E-state index contributed by atoms with van der Waals surface area (Å²) in [5, 5.41) is 24.6. The molecule has 0 aliphatic carbocycles. The minimum absolute atomic E-state index is 0.0938. The highest BCUT2D eigenvalue weighted by Crippen LogP contribution is 2.30. The van der Waals surface area contributed by atoms with Gasteiger partial charge in [-0.05, 0) is 73.3 Å². The molecule has 19 heteroatoms. The Balaban J connectivity index is 1.36. The lowest BCUT2D eigenvalue weighted by molar-refractivity contribution is -0.149. The molecule has 75 heavy (non-hydrogen) atoms. The number of hydrogen-bond donors (Lipinski definition) is 3. The third kappa shape index (κ3) is 16.2. The van der Waals surface area contributed by atoms with E-state index in [9.17, 15) is 43.5 Å². The summed E-state index contributed by atoms with van der Waals surface area (Å²) in [6.07, 6.45) is 2.92. The fraction of sp³-hybridized carbons (Fsp3) is 0.589. The van der Waals surface area contributed by atoms with E-state index < -0.39 is 83.8 Å². The maximum absolute atomic E-state index is 14.7. The number of unbranched alkanes of at least 4 members (excludes halogenated alkanes) is 2. The first kappa shape index (κ1) is 60.9. The largest absolute Gasteiger partial charge is 0.480 e. The second-order valence-corrected chi connectivity index (χ2v) is 20.5. The molecule has 4 unspecified atom stereocenters. The van der Waals surface area contributed by atoms with Crippen molar-refractivity contribution in [3.63, 3.8) is 0 Å². The van der Waals surface area contributed by atoms with Gasteiger partial charge >= 0.3 is 5.97 Å². The van der Waals surface area contributed by atoms with Crippen molar-refractivity contribution >= 4 is 47.3 Å². The number of rotatable bonds is 29. The first-order valence-electron chi connectivity index (χ1n) is 26.1. The lowest BCUT2D eigenvalue weighted by Gasteiger charge is -2.41. The number of nitrogens with one attached hydrogen (secondary N) is 2. The van der Waals surface area contributed by atoms with Gasteiger partial charge in [0.25, 0.3) is 11.8 Å². The molecule has 19 nitrogen and oxygen atoms in total. The van der Waals surface area contributed by atoms with Crippen LogP contribution < -0.4 is 15.4 Å². The summed E-state index contributed by atoms with van der Waals surface area (Å²) in [7, 11) is 6.17. The number of carboxylic acids is 1. The Morgan fingerprint density at radius 2 is 1.52 bits per heavy atom. The highest BCUT2D eigenvalue weighted by Gasteiger charge is 2.44. The maximum Gasteiger partial charge on any atom is 0.326 e. The summed E-state index contributed by atoms with van der Waals surface area (Å²) in [5.74, 6) is -5.67. The number of nitrogens with zero attached hydrogens (tertiary/aromatic N) is 5. The molecule has 0 saturated carbocycles. The third-order valence-corrected chi connectivity index (χ3v) is 14.6. The van der Waals surface area contributed by atoms with Crippen molar-refractivity contribution in [1.29, 1.82) is 5.26 Å². The number of aliphatic carboxylic acids is 1. The number of ether oxygens (including phenoxy) is 3. The fourth-order valence-corrected chi connectivity index (χ4v) is 10.1. The topological polar surface area (TPSA) is 245 Å². The standard InChI is InChI=1S/C56H79N7O12/c1-12-36(6)50(43(73-10)31-46(65)62-29-19-22-42(62)51(74-11)37(7)52(67)58-41(56(71)72)30-38-20-15-13-16-21-38)61(9)55(70)48(34(2)3)59-53(68)49(35(4)5)60(8)45(64)23-17-14-18-28-63-47(66)32-44(54(63)69)75-40-26-24-39(33-57)25-27-40/h13,15-16,20-21,24-27,32,34-37,41-43,48-51H,12,14,17-19,22-23,28-31H2,1-11H3,(H,58,67)(H,59,68)(H,71,72)/t36-,37+,41?,42?,43+,48?,49?,50-,51+/m0/s1. The molecular formula is C56H79N7O12. The van der Waals surface area contributed by atoms with Crippen LogP contribution in [0.2, 0.25) is 0 Å². The number of likely N-dealkylation sites (tertiary alicyclic amines) is 1. The van der Waals surface area contributed by atoms with Crippen LogP contribution in [0.3, 0.4) is 0 Å². The van der Waals surface area contributed by atoms with Gasteiger partial charge in [-0.1, -0.05) is 91.6 Å². The lowest BCUT2D eigenvalue weighted by Crippen LogP contribution is -2.60. The number of imide groups is 1. The molecule has 2 aromatic rings. The average Bonchev–Trinajstić information content (AvgIpc) is 3.97. The molecule has 2 aromatic carbocycles. The molecule has 0 spiro atoms. The third-order valence-electron chi connectivity index (χ3n) is 14.6. The Morgan fingerprint density at radius 1 is 0.853 bits per heavy atom. The Morgan fingerprint density at radius 3 is 2.09 bits per heavy atom. The summed E-state index contributed by atoms with van der Waals surface area (Å²) in [6, 6.07) is 13.0. The van der Waals surface area contributed by atoms with Crippen molar-refractivity contribution in [3.05, 3.63) is 77.6 Å². The summed E-state index contributed by atoms with van der Waals surface area (Å²) in [6.45, 7) is 13.4. The van der Waals surface area contributed by atoms with Gasteiger partial charge in [-0.3, -0.25) is 38.5 Å². The molecule has 1 fully saturated rings. The maximum atomic E-state index is 14.7. The lowest BCUT2D eigenvalue weighted by atomic mass is 9.89.